The summed E-state index contributed by atoms with van der Waals surface area (Å²) in [6.45, 7) is 0.363. The molecular weight excluding hydrogens is 340 g/mol. The number of carbonyl (C=O) groups is 2. The molecule has 3 rings (SSSR count). The minimum Gasteiger partial charge on any atom is -0.497 e. The van der Waals surface area contributed by atoms with E-state index in [1.165, 1.54) is 0 Å². The number of anilines is 1. The molecule has 1 aliphatic carbocycles. The van der Waals surface area contributed by atoms with E-state index in [0.29, 0.717) is 23.7 Å². The normalized spacial score (nSPS) is 18.3. The Balaban J connectivity index is 1.48. The first-order valence-corrected chi connectivity index (χ1v) is 8.42. The highest BCUT2D eigenvalue weighted by Gasteiger charge is 2.47. The van der Waals surface area contributed by atoms with Crippen LogP contribution < -0.4 is 15.4 Å². The SMILES string of the molecule is COc1ccc(NC(=O)C2CC2C(=O)NCc2ccccc2Cl)cc1. The van der Waals surface area contributed by atoms with Gasteiger partial charge in [0.25, 0.3) is 0 Å². The zero-order chi connectivity index (χ0) is 17.8. The molecule has 2 unspecified atom stereocenters. The van der Waals surface area contributed by atoms with E-state index in [1.807, 2.05) is 18.2 Å². The summed E-state index contributed by atoms with van der Waals surface area (Å²) in [6, 6.07) is 14.4. The molecule has 1 aliphatic rings. The number of carbonyl (C=O) groups excluding carboxylic acids is 2. The molecule has 0 saturated heterocycles. The predicted molar refractivity (Wildman–Crippen MR) is 96.5 cm³/mol. The molecule has 2 aromatic carbocycles. The lowest BCUT2D eigenvalue weighted by atomic mass is 10.2. The summed E-state index contributed by atoms with van der Waals surface area (Å²) < 4.78 is 5.08. The van der Waals surface area contributed by atoms with E-state index in [0.717, 1.165) is 11.3 Å². The van der Waals surface area contributed by atoms with Gasteiger partial charge in [-0.3, -0.25) is 9.59 Å². The van der Waals surface area contributed by atoms with E-state index in [-0.39, 0.29) is 23.7 Å². The average molecular weight is 359 g/mol. The van der Waals surface area contributed by atoms with Gasteiger partial charge in [0.05, 0.1) is 18.9 Å². The Morgan fingerprint density at radius 3 is 2.44 bits per heavy atom. The number of amides is 2. The number of halogens is 1. The second-order valence-electron chi connectivity index (χ2n) is 5.98. The van der Waals surface area contributed by atoms with E-state index in [9.17, 15) is 9.59 Å². The van der Waals surface area contributed by atoms with Crippen LogP contribution in [0.3, 0.4) is 0 Å². The zero-order valence-corrected chi connectivity index (χ0v) is 14.5. The van der Waals surface area contributed by atoms with Crippen LogP contribution >= 0.6 is 11.6 Å². The van der Waals surface area contributed by atoms with Gasteiger partial charge in [0.2, 0.25) is 11.8 Å². The third-order valence-corrected chi connectivity index (χ3v) is 4.60. The minimum atomic E-state index is -0.284. The highest BCUT2D eigenvalue weighted by Crippen LogP contribution is 2.39. The van der Waals surface area contributed by atoms with Gasteiger partial charge < -0.3 is 15.4 Å². The highest BCUT2D eigenvalue weighted by molar-refractivity contribution is 6.31. The van der Waals surface area contributed by atoms with Crippen molar-refractivity contribution >= 4 is 29.1 Å². The molecule has 2 N–H and O–H groups in total. The molecule has 2 amide bonds. The molecule has 2 atom stereocenters. The summed E-state index contributed by atoms with van der Waals surface area (Å²) in [5, 5.41) is 6.29. The second kappa shape index (κ2) is 7.57. The van der Waals surface area contributed by atoms with Crippen molar-refractivity contribution in [1.29, 1.82) is 0 Å². The Hall–Kier alpha value is -2.53. The molecule has 6 heteroatoms. The van der Waals surface area contributed by atoms with Crippen LogP contribution in [-0.4, -0.2) is 18.9 Å². The van der Waals surface area contributed by atoms with Gasteiger partial charge in [0.1, 0.15) is 5.75 Å². The van der Waals surface area contributed by atoms with E-state index in [1.54, 1.807) is 37.4 Å². The van der Waals surface area contributed by atoms with Crippen molar-refractivity contribution in [2.45, 2.75) is 13.0 Å². The first-order valence-electron chi connectivity index (χ1n) is 8.04. The summed E-state index contributed by atoms with van der Waals surface area (Å²) in [5.74, 6) is -0.0896. The summed E-state index contributed by atoms with van der Waals surface area (Å²) >= 11 is 6.07. The number of rotatable bonds is 6. The lowest BCUT2D eigenvalue weighted by Gasteiger charge is -2.08. The highest BCUT2D eigenvalue weighted by atomic mass is 35.5. The van der Waals surface area contributed by atoms with Crippen LogP contribution in [0.25, 0.3) is 0 Å². The zero-order valence-electron chi connectivity index (χ0n) is 13.8. The first kappa shape index (κ1) is 17.3. The molecule has 1 fully saturated rings. The standard InChI is InChI=1S/C19H19ClN2O3/c1-25-14-8-6-13(7-9-14)22-19(24)16-10-15(16)18(23)21-11-12-4-2-3-5-17(12)20/h2-9,15-16H,10-11H2,1H3,(H,21,23)(H,22,24). The lowest BCUT2D eigenvalue weighted by Crippen LogP contribution is -2.27. The fourth-order valence-corrected chi connectivity index (χ4v) is 2.84. The molecule has 0 bridgehead atoms. The van der Waals surface area contributed by atoms with E-state index < -0.39 is 0 Å². The van der Waals surface area contributed by atoms with Gasteiger partial charge >= 0.3 is 0 Å². The Bertz CT molecular complexity index is 776. The molecule has 0 heterocycles. The van der Waals surface area contributed by atoms with Gasteiger partial charge in [-0.2, -0.15) is 0 Å². The number of hydrogen-bond donors (Lipinski definition) is 2. The van der Waals surface area contributed by atoms with Gasteiger partial charge in [-0.25, -0.2) is 0 Å². The number of methoxy groups -OCH3 is 1. The fraction of sp³-hybridized carbons (Fsp3) is 0.263. The quantitative estimate of drug-likeness (QED) is 0.833. The Kier molecular flexibility index (Phi) is 5.24. The Morgan fingerprint density at radius 1 is 1.08 bits per heavy atom. The minimum absolute atomic E-state index is 0.116. The molecule has 130 valence electrons. The predicted octanol–water partition coefficient (Wildman–Crippen LogP) is 3.24. The molecule has 1 saturated carbocycles. The van der Waals surface area contributed by atoms with Gasteiger partial charge in [-0.05, 0) is 42.3 Å². The molecular formula is C19H19ClN2O3. The van der Waals surface area contributed by atoms with E-state index in [2.05, 4.69) is 10.6 Å². The fourth-order valence-electron chi connectivity index (χ4n) is 2.64. The maximum atomic E-state index is 12.2. The number of benzene rings is 2. The van der Waals surface area contributed by atoms with Crippen LogP contribution in [0.1, 0.15) is 12.0 Å². The van der Waals surface area contributed by atoms with Crippen LogP contribution in [0.4, 0.5) is 5.69 Å². The molecule has 0 aromatic heterocycles. The van der Waals surface area contributed by atoms with Crippen molar-refractivity contribution < 1.29 is 14.3 Å². The summed E-state index contributed by atoms with van der Waals surface area (Å²) in [6.07, 6.45) is 0.566. The average Bonchev–Trinajstić information content (AvgIpc) is 3.42. The summed E-state index contributed by atoms with van der Waals surface area (Å²) in [4.78, 5) is 24.4. The summed E-state index contributed by atoms with van der Waals surface area (Å²) in [7, 11) is 1.59. The molecule has 0 aliphatic heterocycles. The van der Waals surface area contributed by atoms with Crippen LogP contribution in [0, 0.1) is 11.8 Å². The van der Waals surface area contributed by atoms with Crippen LogP contribution in [0.5, 0.6) is 5.75 Å². The van der Waals surface area contributed by atoms with Crippen LogP contribution in [0.15, 0.2) is 48.5 Å². The third kappa shape index (κ3) is 4.31. The van der Waals surface area contributed by atoms with E-state index in [4.69, 9.17) is 16.3 Å². The smallest absolute Gasteiger partial charge is 0.228 e. The molecule has 25 heavy (non-hydrogen) atoms. The molecule has 0 radical (unpaired) electrons. The topological polar surface area (TPSA) is 67.4 Å². The maximum Gasteiger partial charge on any atom is 0.228 e. The maximum absolute atomic E-state index is 12.2. The van der Waals surface area contributed by atoms with Crippen LogP contribution in [-0.2, 0) is 16.1 Å². The first-order chi connectivity index (χ1) is 12.1. The molecule has 5 nitrogen and oxygen atoms in total. The van der Waals surface area contributed by atoms with Crippen molar-refractivity contribution in [1.82, 2.24) is 5.32 Å². The summed E-state index contributed by atoms with van der Waals surface area (Å²) in [5.41, 5.74) is 1.55. The van der Waals surface area contributed by atoms with Gasteiger partial charge in [-0.15, -0.1) is 0 Å². The van der Waals surface area contributed by atoms with E-state index >= 15 is 0 Å². The number of hydrogen-bond acceptors (Lipinski definition) is 3. The monoisotopic (exact) mass is 358 g/mol. The van der Waals surface area contributed by atoms with Crippen molar-refractivity contribution in [3.05, 3.63) is 59.1 Å². The number of nitrogens with one attached hydrogen (secondary N) is 2. The second-order valence-corrected chi connectivity index (χ2v) is 6.38. The largest absolute Gasteiger partial charge is 0.497 e. The molecule has 2 aromatic rings. The number of ether oxygens (including phenoxy) is 1. The lowest BCUT2D eigenvalue weighted by molar-refractivity contribution is -0.125. The van der Waals surface area contributed by atoms with Gasteiger partial charge in [0, 0.05) is 17.3 Å². The van der Waals surface area contributed by atoms with Crippen molar-refractivity contribution in [3.8, 4) is 5.75 Å². The van der Waals surface area contributed by atoms with Crippen LogP contribution in [0.2, 0.25) is 5.02 Å². The van der Waals surface area contributed by atoms with Crippen molar-refractivity contribution in [3.63, 3.8) is 0 Å². The van der Waals surface area contributed by atoms with Gasteiger partial charge in [-0.1, -0.05) is 29.8 Å². The third-order valence-electron chi connectivity index (χ3n) is 4.23. The van der Waals surface area contributed by atoms with Crippen molar-refractivity contribution in [2.24, 2.45) is 11.8 Å². The molecule has 0 spiro atoms. The van der Waals surface area contributed by atoms with Crippen molar-refractivity contribution in [2.75, 3.05) is 12.4 Å². The van der Waals surface area contributed by atoms with Gasteiger partial charge in [0.15, 0.2) is 0 Å². The Labute approximate surface area is 151 Å². The Morgan fingerprint density at radius 2 is 1.76 bits per heavy atom.